The van der Waals surface area contributed by atoms with Crippen molar-refractivity contribution in [3.63, 3.8) is 0 Å². The third kappa shape index (κ3) is 5.29. The Morgan fingerprint density at radius 1 is 1.13 bits per heavy atom. The van der Waals surface area contributed by atoms with E-state index in [0.717, 1.165) is 51.0 Å². The summed E-state index contributed by atoms with van der Waals surface area (Å²) in [4.78, 5) is 11.3. The molecule has 0 spiro atoms. The Labute approximate surface area is 192 Å². The monoisotopic (exact) mass is 469 g/mol. The van der Waals surface area contributed by atoms with Crippen LogP contribution in [-0.2, 0) is 4.74 Å². The quantitative estimate of drug-likeness (QED) is 0.622. The largest absolute Gasteiger partial charge is 0.373 e. The number of halogens is 3. The second-order valence-electron chi connectivity index (χ2n) is 7.84. The number of nitrogens with one attached hydrogen (secondary N) is 2. The highest BCUT2D eigenvalue weighted by molar-refractivity contribution is 6.35. The first kappa shape index (κ1) is 21.9. The van der Waals surface area contributed by atoms with Gasteiger partial charge in [0.15, 0.2) is 5.82 Å². The Balaban J connectivity index is 1.39. The number of anilines is 2. The van der Waals surface area contributed by atoms with Gasteiger partial charge in [0.25, 0.3) is 0 Å². The first-order chi connectivity index (χ1) is 14.5. The van der Waals surface area contributed by atoms with Crippen molar-refractivity contribution < 1.29 is 4.74 Å². The molecule has 6 nitrogen and oxygen atoms in total. The summed E-state index contributed by atoms with van der Waals surface area (Å²) >= 11 is 18.7. The molecule has 1 aromatic heterocycles. The van der Waals surface area contributed by atoms with Crippen molar-refractivity contribution in [2.45, 2.75) is 44.4 Å². The molecule has 0 amide bonds. The minimum absolute atomic E-state index is 0.0887. The van der Waals surface area contributed by atoms with E-state index in [1.807, 2.05) is 19.1 Å². The second kappa shape index (κ2) is 9.88. The summed E-state index contributed by atoms with van der Waals surface area (Å²) in [6.07, 6.45) is 5.36. The molecule has 0 radical (unpaired) electrons. The van der Waals surface area contributed by atoms with Gasteiger partial charge < -0.3 is 20.3 Å². The summed E-state index contributed by atoms with van der Waals surface area (Å²) in [5.74, 6) is 1.27. The average Bonchev–Trinajstić information content (AvgIpc) is 3.23. The fourth-order valence-electron chi connectivity index (χ4n) is 3.96. The summed E-state index contributed by atoms with van der Waals surface area (Å²) in [7, 11) is 0. The van der Waals surface area contributed by atoms with E-state index in [0.29, 0.717) is 39.0 Å². The molecular formula is C21H26Cl3N5O. The van der Waals surface area contributed by atoms with Crippen LogP contribution in [0, 0.1) is 0 Å². The Hall–Kier alpha value is -1.31. The van der Waals surface area contributed by atoms with E-state index in [2.05, 4.69) is 25.5 Å². The van der Waals surface area contributed by atoms with Crippen LogP contribution in [0.15, 0.2) is 24.4 Å². The van der Waals surface area contributed by atoms with Gasteiger partial charge in [-0.25, -0.2) is 4.98 Å². The lowest BCUT2D eigenvalue weighted by Crippen LogP contribution is -2.39. The fraction of sp³-hybridized carbons (Fsp3) is 0.524. The second-order valence-corrected chi connectivity index (χ2v) is 9.09. The van der Waals surface area contributed by atoms with Crippen LogP contribution in [0.3, 0.4) is 0 Å². The summed E-state index contributed by atoms with van der Waals surface area (Å²) in [6.45, 7) is 5.76. The van der Waals surface area contributed by atoms with E-state index < -0.39 is 0 Å². The van der Waals surface area contributed by atoms with Crippen LogP contribution < -0.4 is 15.5 Å². The topological polar surface area (TPSA) is 62.3 Å². The lowest BCUT2D eigenvalue weighted by Gasteiger charge is -2.33. The molecule has 162 valence electrons. The van der Waals surface area contributed by atoms with Gasteiger partial charge in [0, 0.05) is 29.7 Å². The van der Waals surface area contributed by atoms with Crippen molar-refractivity contribution in [3.05, 3.63) is 45.0 Å². The predicted molar refractivity (Wildman–Crippen MR) is 123 cm³/mol. The normalized spacial score (nSPS) is 21.1. The molecule has 3 heterocycles. The molecule has 2 saturated heterocycles. The van der Waals surface area contributed by atoms with Gasteiger partial charge in [0.2, 0.25) is 5.95 Å². The molecular weight excluding hydrogens is 445 g/mol. The summed E-state index contributed by atoms with van der Waals surface area (Å²) in [6, 6.07) is 5.37. The van der Waals surface area contributed by atoms with Crippen LogP contribution >= 0.6 is 34.8 Å². The van der Waals surface area contributed by atoms with Gasteiger partial charge >= 0.3 is 0 Å². The van der Waals surface area contributed by atoms with E-state index in [4.69, 9.17) is 39.5 Å². The molecule has 0 unspecified atom stereocenters. The van der Waals surface area contributed by atoms with E-state index in [9.17, 15) is 0 Å². The maximum absolute atomic E-state index is 6.36. The molecule has 9 heteroatoms. The van der Waals surface area contributed by atoms with Gasteiger partial charge in [-0.3, -0.25) is 0 Å². The highest BCUT2D eigenvalue weighted by Crippen LogP contribution is 2.31. The molecule has 2 aliphatic rings. The Bertz CT molecular complexity index is 870. The molecule has 2 aromatic rings. The first-order valence-electron chi connectivity index (χ1n) is 10.3. The lowest BCUT2D eigenvalue weighted by atomic mass is 10.1. The average molecular weight is 471 g/mol. The molecule has 0 bridgehead atoms. The summed E-state index contributed by atoms with van der Waals surface area (Å²) < 4.78 is 6.22. The van der Waals surface area contributed by atoms with Gasteiger partial charge in [0.1, 0.15) is 5.02 Å². The smallest absolute Gasteiger partial charge is 0.227 e. The summed E-state index contributed by atoms with van der Waals surface area (Å²) in [5, 5.41) is 8.39. The van der Waals surface area contributed by atoms with Crippen LogP contribution in [0.2, 0.25) is 15.1 Å². The number of aromatic nitrogens is 2. The van der Waals surface area contributed by atoms with Crippen LogP contribution in [0.25, 0.3) is 0 Å². The Morgan fingerprint density at radius 2 is 1.93 bits per heavy atom. The van der Waals surface area contributed by atoms with Crippen molar-refractivity contribution in [1.29, 1.82) is 0 Å². The third-order valence-corrected chi connectivity index (χ3v) is 6.48. The number of ether oxygens (including phenoxy) is 1. The highest BCUT2D eigenvalue weighted by Gasteiger charge is 2.26. The number of nitrogens with zero attached hydrogens (tertiary/aromatic N) is 3. The minimum atomic E-state index is -0.0887. The number of hydrogen-bond donors (Lipinski definition) is 2. The minimum Gasteiger partial charge on any atom is -0.373 e. The van der Waals surface area contributed by atoms with Gasteiger partial charge in [0.05, 0.1) is 24.4 Å². The Kier molecular flexibility index (Phi) is 7.21. The van der Waals surface area contributed by atoms with Crippen LogP contribution in [0.5, 0.6) is 0 Å². The van der Waals surface area contributed by atoms with Crippen LogP contribution in [0.4, 0.5) is 11.8 Å². The van der Waals surface area contributed by atoms with E-state index in [-0.39, 0.29) is 6.04 Å². The van der Waals surface area contributed by atoms with E-state index >= 15 is 0 Å². The number of hydrogen-bond acceptors (Lipinski definition) is 6. The molecule has 2 fully saturated rings. The maximum atomic E-state index is 6.36. The van der Waals surface area contributed by atoms with Crippen LogP contribution in [0.1, 0.15) is 37.8 Å². The van der Waals surface area contributed by atoms with Gasteiger partial charge in [-0.2, -0.15) is 4.98 Å². The van der Waals surface area contributed by atoms with E-state index in [1.165, 1.54) is 0 Å². The zero-order valence-electron chi connectivity index (χ0n) is 16.9. The molecule has 0 saturated carbocycles. The molecule has 2 atom stereocenters. The molecule has 2 N–H and O–H groups in total. The van der Waals surface area contributed by atoms with Crippen LogP contribution in [-0.4, -0.2) is 48.4 Å². The van der Waals surface area contributed by atoms with Crippen molar-refractivity contribution in [2.75, 3.05) is 36.4 Å². The lowest BCUT2D eigenvalue weighted by molar-refractivity contribution is -0.0132. The molecule has 30 heavy (non-hydrogen) atoms. The van der Waals surface area contributed by atoms with Gasteiger partial charge in [-0.15, -0.1) is 0 Å². The maximum Gasteiger partial charge on any atom is 0.227 e. The standard InChI is InChI=1S/C21H26Cl3N5O/c1-13(17-3-2-14(22)10-18(17)23)27-20-19(24)12-26-21(28-20)29-8-5-15(6-9-29)30-16-4-7-25-11-16/h2-3,10,12-13,15-16,25H,4-9,11H2,1H3,(H,26,27,28)/t13-,16-/m1/s1. The fourth-order valence-corrected chi connectivity index (χ4v) is 4.67. The molecule has 4 rings (SSSR count). The third-order valence-electron chi connectivity index (χ3n) is 5.64. The van der Waals surface area contributed by atoms with Crippen molar-refractivity contribution in [3.8, 4) is 0 Å². The first-order valence-corrected chi connectivity index (χ1v) is 11.5. The Morgan fingerprint density at radius 3 is 2.63 bits per heavy atom. The molecule has 0 aliphatic carbocycles. The van der Waals surface area contributed by atoms with E-state index in [1.54, 1.807) is 12.3 Å². The molecule has 1 aromatic carbocycles. The zero-order chi connectivity index (χ0) is 21.1. The predicted octanol–water partition coefficient (Wildman–Crippen LogP) is 4.96. The van der Waals surface area contributed by atoms with Gasteiger partial charge in [-0.05, 0) is 50.4 Å². The van der Waals surface area contributed by atoms with Crippen molar-refractivity contribution in [1.82, 2.24) is 15.3 Å². The molecule has 2 aliphatic heterocycles. The summed E-state index contributed by atoms with van der Waals surface area (Å²) in [5.41, 5.74) is 0.927. The number of piperidine rings is 1. The SMILES string of the molecule is C[C@@H](Nc1nc(N2CCC(O[C@@H]3CCNC3)CC2)ncc1Cl)c1ccc(Cl)cc1Cl. The number of benzene rings is 1. The number of rotatable bonds is 6. The highest BCUT2D eigenvalue weighted by atomic mass is 35.5. The van der Waals surface area contributed by atoms with Gasteiger partial charge in [-0.1, -0.05) is 40.9 Å². The van der Waals surface area contributed by atoms with Crippen molar-refractivity contribution >= 4 is 46.6 Å². The van der Waals surface area contributed by atoms with Crippen molar-refractivity contribution in [2.24, 2.45) is 0 Å². The zero-order valence-corrected chi connectivity index (χ0v) is 19.1.